The molecule has 0 bridgehead atoms. The second-order valence-corrected chi connectivity index (χ2v) is 8.44. The van der Waals surface area contributed by atoms with Gasteiger partial charge in [-0.25, -0.2) is 4.98 Å². The first-order valence-electron chi connectivity index (χ1n) is 10.9. The highest BCUT2D eigenvalue weighted by atomic mass is 19.4. The number of nitrogens with zero attached hydrogens (tertiary/aromatic N) is 4. The smallest absolute Gasteiger partial charge is 0.435 e. The molecule has 4 rings (SSSR count). The Morgan fingerprint density at radius 1 is 1.16 bits per heavy atom. The van der Waals surface area contributed by atoms with E-state index >= 15 is 0 Å². The normalized spacial score (nSPS) is 23.6. The van der Waals surface area contributed by atoms with Crippen LogP contribution in [0.5, 0.6) is 0 Å². The highest BCUT2D eigenvalue weighted by Crippen LogP contribution is 2.42. The number of primary amides is 1. The summed E-state index contributed by atoms with van der Waals surface area (Å²) in [5.74, 6) is -1.20. The van der Waals surface area contributed by atoms with Crippen molar-refractivity contribution >= 4 is 17.4 Å². The number of hydrogen-bond donors (Lipinski definition) is 2. The van der Waals surface area contributed by atoms with Crippen LogP contribution >= 0.6 is 0 Å². The Labute approximate surface area is 184 Å². The fourth-order valence-electron chi connectivity index (χ4n) is 4.56. The van der Waals surface area contributed by atoms with E-state index in [2.05, 4.69) is 4.98 Å². The number of aromatic nitrogens is 1. The summed E-state index contributed by atoms with van der Waals surface area (Å²) in [6.07, 6.45) is -0.232. The lowest BCUT2D eigenvalue weighted by Gasteiger charge is -2.38. The number of hydrogen-bond acceptors (Lipinski definition) is 7. The summed E-state index contributed by atoms with van der Waals surface area (Å²) < 4.78 is 47.6. The van der Waals surface area contributed by atoms with Crippen molar-refractivity contribution in [2.75, 3.05) is 42.6 Å². The van der Waals surface area contributed by atoms with Crippen LogP contribution in [0.4, 0.5) is 24.7 Å². The number of halogens is 3. The molecule has 1 aromatic rings. The molecule has 1 unspecified atom stereocenters. The zero-order valence-corrected chi connectivity index (χ0v) is 17.7. The third-order valence-corrected chi connectivity index (χ3v) is 6.30. The Bertz CT molecular complexity index is 847. The van der Waals surface area contributed by atoms with Crippen LogP contribution in [0.3, 0.4) is 0 Å². The summed E-state index contributed by atoms with van der Waals surface area (Å²) >= 11 is 0. The molecule has 8 nitrogen and oxygen atoms in total. The number of amides is 1. The Kier molecular flexibility index (Phi) is 6.47. The summed E-state index contributed by atoms with van der Waals surface area (Å²) in [6, 6.07) is 3.24. The monoisotopic (exact) mass is 455 g/mol. The van der Waals surface area contributed by atoms with Crippen LogP contribution < -0.4 is 15.5 Å². The zero-order valence-electron chi connectivity index (χ0n) is 17.7. The summed E-state index contributed by atoms with van der Waals surface area (Å²) in [5.41, 5.74) is 4.24. The molecule has 11 heteroatoms. The molecule has 4 heterocycles. The number of aliphatic hydroxyl groups is 1. The summed E-state index contributed by atoms with van der Waals surface area (Å²) in [6.45, 7) is 2.72. The van der Waals surface area contributed by atoms with E-state index in [9.17, 15) is 23.1 Å². The number of rotatable bonds is 5. The number of nitrogens with two attached hydrogens (primary N) is 1. The van der Waals surface area contributed by atoms with E-state index in [0.717, 1.165) is 50.1 Å². The van der Waals surface area contributed by atoms with Gasteiger partial charge in [-0.15, -0.1) is 0 Å². The van der Waals surface area contributed by atoms with Gasteiger partial charge in [0.15, 0.2) is 5.70 Å². The predicted molar refractivity (Wildman–Crippen MR) is 111 cm³/mol. The number of alkyl halides is 3. The van der Waals surface area contributed by atoms with Crippen molar-refractivity contribution in [2.45, 2.75) is 44.6 Å². The maximum Gasteiger partial charge on any atom is 0.435 e. The Balaban J connectivity index is 1.64. The molecule has 2 fully saturated rings. The minimum atomic E-state index is -4.83. The number of carbonyl (C=O) groups excluding carboxylic acids is 1. The van der Waals surface area contributed by atoms with Gasteiger partial charge in [0.25, 0.3) is 5.91 Å². The number of carbonyl (C=O) groups is 1. The second-order valence-electron chi connectivity index (χ2n) is 8.44. The van der Waals surface area contributed by atoms with Gasteiger partial charge in [-0.05, 0) is 43.7 Å². The quantitative estimate of drug-likeness (QED) is 0.703. The maximum atomic E-state index is 14.0. The van der Waals surface area contributed by atoms with Crippen molar-refractivity contribution in [2.24, 2.45) is 11.7 Å². The standard InChI is InChI=1S/C21H28F3N5O3/c22-21(23,24)18-17(19(25)31)32-20(28-8-2-1-3-9-28)29(18)15-4-5-16(26-12-15)27-10-6-14(13-30)7-11-27/h4-5,12,14,20,30H,1-3,6-11,13H2,(H2,25,31). The molecule has 0 saturated carbocycles. The zero-order chi connectivity index (χ0) is 22.9. The summed E-state index contributed by atoms with van der Waals surface area (Å²) in [4.78, 5) is 21.1. The van der Waals surface area contributed by atoms with E-state index < -0.39 is 29.9 Å². The molecule has 0 spiro atoms. The fraction of sp³-hybridized carbons (Fsp3) is 0.619. The van der Waals surface area contributed by atoms with Crippen molar-refractivity contribution in [1.29, 1.82) is 0 Å². The molecule has 1 aromatic heterocycles. The van der Waals surface area contributed by atoms with Crippen LogP contribution in [0.2, 0.25) is 0 Å². The van der Waals surface area contributed by atoms with Gasteiger partial charge < -0.3 is 20.5 Å². The third kappa shape index (κ3) is 4.49. The van der Waals surface area contributed by atoms with Gasteiger partial charge in [-0.2, -0.15) is 13.2 Å². The van der Waals surface area contributed by atoms with Crippen LogP contribution in [0.15, 0.2) is 29.8 Å². The topological polar surface area (TPSA) is 95.2 Å². The predicted octanol–water partition coefficient (Wildman–Crippen LogP) is 2.16. The molecule has 176 valence electrons. The summed E-state index contributed by atoms with van der Waals surface area (Å²) in [7, 11) is 0. The van der Waals surface area contributed by atoms with E-state index in [1.807, 2.05) is 4.90 Å². The lowest BCUT2D eigenvalue weighted by atomic mass is 9.98. The molecule has 2 saturated heterocycles. The van der Waals surface area contributed by atoms with Gasteiger partial charge in [-0.3, -0.25) is 14.6 Å². The molecule has 0 aliphatic carbocycles. The van der Waals surface area contributed by atoms with Crippen LogP contribution in [0.25, 0.3) is 0 Å². The van der Waals surface area contributed by atoms with Crippen molar-refractivity contribution in [3.63, 3.8) is 0 Å². The number of piperidine rings is 2. The van der Waals surface area contributed by atoms with E-state index in [1.165, 1.54) is 6.20 Å². The van der Waals surface area contributed by atoms with Gasteiger partial charge >= 0.3 is 6.18 Å². The highest BCUT2D eigenvalue weighted by molar-refractivity contribution is 5.92. The average Bonchev–Trinajstić information content (AvgIpc) is 3.22. The number of aliphatic hydroxyl groups excluding tert-OH is 1. The van der Waals surface area contributed by atoms with Gasteiger partial charge in [-0.1, -0.05) is 6.42 Å². The van der Waals surface area contributed by atoms with Crippen molar-refractivity contribution in [1.82, 2.24) is 9.88 Å². The van der Waals surface area contributed by atoms with Crippen LogP contribution in [0.1, 0.15) is 32.1 Å². The molecule has 3 aliphatic heterocycles. The number of likely N-dealkylation sites (tertiary alicyclic amines) is 1. The Morgan fingerprint density at radius 3 is 2.38 bits per heavy atom. The average molecular weight is 455 g/mol. The lowest BCUT2D eigenvalue weighted by molar-refractivity contribution is -0.121. The SMILES string of the molecule is NC(=O)C1=C(C(F)(F)F)N(c2ccc(N3CCC(CO)CC3)nc2)C(N2CCCCC2)O1. The van der Waals surface area contributed by atoms with E-state index in [4.69, 9.17) is 10.5 Å². The lowest BCUT2D eigenvalue weighted by Crippen LogP contribution is -2.50. The van der Waals surface area contributed by atoms with Gasteiger partial charge in [0.1, 0.15) is 5.82 Å². The number of allylic oxidation sites excluding steroid dienone is 1. The van der Waals surface area contributed by atoms with Crippen molar-refractivity contribution < 1.29 is 27.8 Å². The molecular formula is C21H28F3N5O3. The molecule has 0 aromatic carbocycles. The summed E-state index contributed by atoms with van der Waals surface area (Å²) in [5, 5.41) is 9.30. The first kappa shape index (κ1) is 22.7. The third-order valence-electron chi connectivity index (χ3n) is 6.30. The minimum Gasteiger partial charge on any atom is -0.449 e. The Hall–Kier alpha value is -2.53. The first-order valence-corrected chi connectivity index (χ1v) is 10.9. The molecule has 3 N–H and O–H groups in total. The fourth-order valence-corrected chi connectivity index (χ4v) is 4.56. The van der Waals surface area contributed by atoms with Crippen molar-refractivity contribution in [3.05, 3.63) is 29.8 Å². The molecule has 3 aliphatic rings. The molecule has 1 amide bonds. The number of pyridine rings is 1. The molecule has 32 heavy (non-hydrogen) atoms. The number of anilines is 2. The largest absolute Gasteiger partial charge is 0.449 e. The second kappa shape index (κ2) is 9.14. The number of ether oxygens (including phenoxy) is 1. The van der Waals surface area contributed by atoms with E-state index in [0.29, 0.717) is 18.9 Å². The van der Waals surface area contributed by atoms with Gasteiger partial charge in [0.2, 0.25) is 12.1 Å². The van der Waals surface area contributed by atoms with Crippen LogP contribution in [0, 0.1) is 5.92 Å². The van der Waals surface area contributed by atoms with Crippen molar-refractivity contribution in [3.8, 4) is 0 Å². The van der Waals surface area contributed by atoms with Crippen LogP contribution in [-0.2, 0) is 9.53 Å². The molecule has 0 radical (unpaired) electrons. The van der Waals surface area contributed by atoms with Gasteiger partial charge in [0, 0.05) is 32.8 Å². The minimum absolute atomic E-state index is 0.155. The molecular weight excluding hydrogens is 427 g/mol. The van der Waals surface area contributed by atoms with Gasteiger partial charge in [0.05, 0.1) is 11.9 Å². The Morgan fingerprint density at radius 2 is 1.84 bits per heavy atom. The first-order chi connectivity index (χ1) is 15.3. The van der Waals surface area contributed by atoms with E-state index in [-0.39, 0.29) is 18.2 Å². The molecule has 1 atom stereocenters. The maximum absolute atomic E-state index is 14.0. The highest BCUT2D eigenvalue weighted by Gasteiger charge is 2.52. The van der Waals surface area contributed by atoms with Crippen LogP contribution in [-0.4, -0.2) is 66.2 Å². The van der Waals surface area contributed by atoms with E-state index in [1.54, 1.807) is 17.0 Å².